The molecule has 8 rings (SSSR count). The van der Waals surface area contributed by atoms with Crippen molar-refractivity contribution >= 4 is 23.5 Å². The van der Waals surface area contributed by atoms with Crippen LogP contribution in [0.15, 0.2) is 171 Å². The Morgan fingerprint density at radius 1 is 0.629 bits per heavy atom. The minimum atomic E-state index is -0.0346. The van der Waals surface area contributed by atoms with Crippen LogP contribution < -0.4 is 19.3 Å². The quantitative estimate of drug-likeness (QED) is 0.110. The zero-order chi connectivity index (χ0) is 50.2. The van der Waals surface area contributed by atoms with Crippen LogP contribution in [-0.4, -0.2) is 42.8 Å². The number of allylic oxidation sites excluding steroid dienone is 12. The first-order valence-electron chi connectivity index (χ1n) is 24.2. The number of rotatable bonds is 14. The van der Waals surface area contributed by atoms with E-state index in [0.717, 1.165) is 82.1 Å². The SMILES string of the molecule is C=C/C=C\C=C/C.C=C/C=C\C=C/C.CCn1c(-c2c(C)c(Oc3ccc4c(c3)CCC=C4)c(O)c(Oc3ccc4c(c3)CCC=C4)c2C)nc(-c2ccc(N(C)C)cc2)c1-c1ccc(N(C)C)cc1. The molecule has 0 spiro atoms. The van der Waals surface area contributed by atoms with Crippen molar-refractivity contribution in [1.29, 1.82) is 0 Å². The molecule has 2 aliphatic rings. The van der Waals surface area contributed by atoms with Crippen LogP contribution in [0, 0.1) is 13.8 Å². The van der Waals surface area contributed by atoms with E-state index in [0.29, 0.717) is 29.5 Å². The van der Waals surface area contributed by atoms with Gasteiger partial charge >= 0.3 is 0 Å². The van der Waals surface area contributed by atoms with Crippen molar-refractivity contribution in [1.82, 2.24) is 9.55 Å². The highest BCUT2D eigenvalue weighted by atomic mass is 16.5. The van der Waals surface area contributed by atoms with E-state index in [1.54, 1.807) is 12.2 Å². The Bertz CT molecular complexity index is 2820. The van der Waals surface area contributed by atoms with Gasteiger partial charge in [0.25, 0.3) is 0 Å². The number of hydrogen-bond acceptors (Lipinski definition) is 6. The van der Waals surface area contributed by atoms with Crippen LogP contribution in [0.1, 0.15) is 67.0 Å². The van der Waals surface area contributed by atoms with E-state index in [-0.39, 0.29) is 5.75 Å². The minimum Gasteiger partial charge on any atom is -0.502 e. The fraction of sp³-hybridized carbons (Fsp3) is 0.222. The van der Waals surface area contributed by atoms with Crippen molar-refractivity contribution < 1.29 is 14.6 Å². The van der Waals surface area contributed by atoms with Crippen molar-refractivity contribution in [3.05, 3.63) is 204 Å². The molecular weight excluding hydrogens is 861 g/mol. The van der Waals surface area contributed by atoms with Gasteiger partial charge in [-0.25, -0.2) is 4.98 Å². The molecule has 70 heavy (non-hydrogen) atoms. The normalized spacial score (nSPS) is 12.6. The number of aryl methyl sites for hydroxylation is 2. The molecule has 1 aromatic heterocycles. The van der Waals surface area contributed by atoms with Crippen LogP contribution in [0.25, 0.3) is 46.1 Å². The second-order valence-electron chi connectivity index (χ2n) is 17.5. The molecule has 0 fully saturated rings. The van der Waals surface area contributed by atoms with Crippen LogP contribution in [0.5, 0.6) is 28.7 Å². The van der Waals surface area contributed by atoms with Crippen molar-refractivity contribution in [2.24, 2.45) is 0 Å². The third-order valence-electron chi connectivity index (χ3n) is 12.2. The number of ether oxygens (including phenoxy) is 2. The molecule has 0 bridgehead atoms. The molecule has 2 aliphatic carbocycles. The molecule has 0 atom stereocenters. The van der Waals surface area contributed by atoms with E-state index in [9.17, 15) is 5.11 Å². The fourth-order valence-electron chi connectivity index (χ4n) is 8.52. The second-order valence-corrected chi connectivity index (χ2v) is 17.5. The summed E-state index contributed by atoms with van der Waals surface area (Å²) in [6.07, 6.45) is 31.6. The van der Waals surface area contributed by atoms with E-state index >= 15 is 0 Å². The van der Waals surface area contributed by atoms with E-state index in [1.165, 1.54) is 22.3 Å². The third-order valence-corrected chi connectivity index (χ3v) is 12.2. The predicted molar refractivity (Wildman–Crippen MR) is 300 cm³/mol. The van der Waals surface area contributed by atoms with Gasteiger partial charge in [-0.15, -0.1) is 0 Å². The van der Waals surface area contributed by atoms with Crippen LogP contribution in [0.4, 0.5) is 11.4 Å². The number of phenolic OH excluding ortho intramolecular Hbond substituents is 1. The van der Waals surface area contributed by atoms with Crippen molar-refractivity contribution in [2.45, 2.75) is 66.8 Å². The number of benzene rings is 5. The lowest BCUT2D eigenvalue weighted by Crippen LogP contribution is -2.08. The molecule has 0 amide bonds. The van der Waals surface area contributed by atoms with E-state index in [4.69, 9.17) is 14.5 Å². The maximum Gasteiger partial charge on any atom is 0.202 e. The van der Waals surface area contributed by atoms with Gasteiger partial charge in [-0.05, 0) is 131 Å². The molecule has 360 valence electrons. The predicted octanol–water partition coefficient (Wildman–Crippen LogP) is 16.5. The molecule has 0 saturated heterocycles. The van der Waals surface area contributed by atoms with Gasteiger partial charge in [-0.2, -0.15) is 0 Å². The molecule has 0 aliphatic heterocycles. The molecule has 0 saturated carbocycles. The highest BCUT2D eigenvalue weighted by Crippen LogP contribution is 2.51. The molecule has 7 heteroatoms. The first-order chi connectivity index (χ1) is 33.9. The Morgan fingerprint density at radius 2 is 1.09 bits per heavy atom. The van der Waals surface area contributed by atoms with Gasteiger partial charge in [-0.1, -0.05) is 135 Å². The number of aromatic hydroxyl groups is 1. The number of anilines is 2. The summed E-state index contributed by atoms with van der Waals surface area (Å²) in [6, 6.07) is 29.5. The number of hydrogen-bond donors (Lipinski definition) is 1. The Labute approximate surface area is 417 Å². The van der Waals surface area contributed by atoms with Gasteiger partial charge in [0.05, 0.1) is 11.4 Å². The van der Waals surface area contributed by atoms with Gasteiger partial charge < -0.3 is 28.9 Å². The van der Waals surface area contributed by atoms with Crippen LogP contribution in [0.2, 0.25) is 0 Å². The summed E-state index contributed by atoms with van der Waals surface area (Å²) in [7, 11) is 8.21. The van der Waals surface area contributed by atoms with Crippen LogP contribution in [0.3, 0.4) is 0 Å². The highest BCUT2D eigenvalue weighted by Gasteiger charge is 2.29. The van der Waals surface area contributed by atoms with Gasteiger partial charge in [0.2, 0.25) is 5.75 Å². The summed E-state index contributed by atoms with van der Waals surface area (Å²) >= 11 is 0. The van der Waals surface area contributed by atoms with Crippen molar-refractivity contribution in [2.75, 3.05) is 38.0 Å². The molecule has 7 nitrogen and oxygen atoms in total. The van der Waals surface area contributed by atoms with Crippen molar-refractivity contribution in [3.63, 3.8) is 0 Å². The molecule has 1 N–H and O–H groups in total. The summed E-state index contributed by atoms with van der Waals surface area (Å²) in [5, 5.41) is 12.2. The average Bonchev–Trinajstić information content (AvgIpc) is 3.76. The van der Waals surface area contributed by atoms with Gasteiger partial charge in [0.15, 0.2) is 11.5 Å². The lowest BCUT2D eigenvalue weighted by molar-refractivity contribution is 0.375. The molecule has 0 unspecified atom stereocenters. The zero-order valence-electron chi connectivity index (χ0n) is 42.7. The van der Waals surface area contributed by atoms with E-state index in [2.05, 4.69) is 160 Å². The lowest BCUT2D eigenvalue weighted by atomic mass is 9.96. The summed E-state index contributed by atoms with van der Waals surface area (Å²) < 4.78 is 15.8. The zero-order valence-corrected chi connectivity index (χ0v) is 42.7. The van der Waals surface area contributed by atoms with Gasteiger partial charge in [-0.3, -0.25) is 0 Å². The van der Waals surface area contributed by atoms with Crippen LogP contribution >= 0.6 is 0 Å². The molecule has 5 aromatic carbocycles. The van der Waals surface area contributed by atoms with Crippen LogP contribution in [-0.2, 0) is 19.4 Å². The molecule has 0 radical (unpaired) electrons. The lowest BCUT2D eigenvalue weighted by Gasteiger charge is -2.22. The van der Waals surface area contributed by atoms with Crippen molar-refractivity contribution in [3.8, 4) is 62.7 Å². The number of imidazole rings is 1. The fourth-order valence-corrected chi connectivity index (χ4v) is 8.52. The Morgan fingerprint density at radius 3 is 1.50 bits per heavy atom. The Hall–Kier alpha value is -7.77. The number of nitrogens with zero attached hydrogens (tertiary/aromatic N) is 4. The standard InChI is InChI=1S/C49H50N4O3.2C7H10/c1-8-53-45(36-19-25-40(26-20-36)52(6)7)44(35-17-23-39(24-18-35)51(4)5)50-49(53)43-31(2)47(55-41-27-21-33-13-9-11-15-37(33)29-41)46(54)48(32(43)3)56-42-28-22-34-14-10-12-16-38(34)30-42;2*1-3-5-7-6-4-2/h9-10,13-14,17-30,54H,8,11-12,15-16H2,1-7H3;2*3-7H,1H2,2H3/b;2*6-4-,7-5-. The second kappa shape index (κ2) is 25.0. The van der Waals surface area contributed by atoms with Gasteiger partial charge in [0, 0.05) is 73.9 Å². The molecule has 6 aromatic rings. The molecule has 1 heterocycles. The Kier molecular flexibility index (Phi) is 18.4. The first kappa shape index (κ1) is 51.6. The van der Waals surface area contributed by atoms with E-state index in [1.807, 2.05) is 88.4 Å². The largest absolute Gasteiger partial charge is 0.502 e. The monoisotopic (exact) mass is 931 g/mol. The topological polar surface area (TPSA) is 63.0 Å². The van der Waals surface area contributed by atoms with Gasteiger partial charge in [0.1, 0.15) is 17.3 Å². The number of aromatic nitrogens is 2. The van der Waals surface area contributed by atoms with E-state index < -0.39 is 0 Å². The summed E-state index contributed by atoms with van der Waals surface area (Å²) in [4.78, 5) is 9.74. The highest BCUT2D eigenvalue weighted by molar-refractivity contribution is 5.86. The number of fused-ring (bicyclic) bond motifs is 2. The third kappa shape index (κ3) is 12.5. The minimum absolute atomic E-state index is 0.0346. The molecular formula is C63H70N4O3. The summed E-state index contributed by atoms with van der Waals surface area (Å²) in [5.74, 6) is 2.79. The maximum atomic E-state index is 12.2. The maximum absolute atomic E-state index is 12.2. The summed E-state index contributed by atoms with van der Waals surface area (Å²) in [6.45, 7) is 17.8. The average molecular weight is 931 g/mol. The number of phenols is 1. The summed E-state index contributed by atoms with van der Waals surface area (Å²) in [5.41, 5.74) is 13.5. The smallest absolute Gasteiger partial charge is 0.202 e. The Balaban J connectivity index is 0.000000503. The first-order valence-corrected chi connectivity index (χ1v) is 24.2.